The van der Waals surface area contributed by atoms with Crippen LogP contribution in [0.15, 0.2) is 18.2 Å². The van der Waals surface area contributed by atoms with Crippen LogP contribution in [-0.4, -0.2) is 34.8 Å². The zero-order valence-corrected chi connectivity index (χ0v) is 15.9. The summed E-state index contributed by atoms with van der Waals surface area (Å²) in [5.74, 6) is -0.661. The molecule has 8 heteroatoms. The smallest absolute Gasteiger partial charge is 0.325 e. The maximum absolute atomic E-state index is 12.5. The van der Waals surface area contributed by atoms with Gasteiger partial charge in [0.25, 0.3) is 5.91 Å². The van der Waals surface area contributed by atoms with Crippen LogP contribution in [0, 0.1) is 0 Å². The Morgan fingerprint density at radius 2 is 1.88 bits per heavy atom. The summed E-state index contributed by atoms with van der Waals surface area (Å²) in [6, 6.07) is 5.62. The van der Waals surface area contributed by atoms with E-state index in [0.29, 0.717) is 19.4 Å². The molecule has 1 saturated heterocycles. The molecule has 2 aliphatic rings. The number of hydrogen-bond donors (Lipinski definition) is 3. The molecule has 26 heavy (non-hydrogen) atoms. The molecule has 0 atom stereocenters. The molecule has 0 unspecified atom stereocenters. The van der Waals surface area contributed by atoms with E-state index in [9.17, 15) is 14.4 Å². The van der Waals surface area contributed by atoms with E-state index in [2.05, 4.69) is 28.1 Å². The van der Waals surface area contributed by atoms with Gasteiger partial charge in [-0.05, 0) is 29.5 Å². The molecule has 3 N–H and O–H groups in total. The highest BCUT2D eigenvalue weighted by Gasteiger charge is 2.49. The van der Waals surface area contributed by atoms with Crippen molar-refractivity contribution in [3.8, 4) is 0 Å². The molecular weight excluding hydrogens is 356 g/mol. The molecular formula is C18H25ClN4O3. The van der Waals surface area contributed by atoms with Crippen LogP contribution in [0.25, 0.3) is 0 Å². The predicted octanol–water partition coefficient (Wildman–Crippen LogP) is 1.44. The van der Waals surface area contributed by atoms with E-state index in [1.165, 1.54) is 11.1 Å². The van der Waals surface area contributed by atoms with Crippen LogP contribution in [-0.2, 0) is 29.2 Å². The van der Waals surface area contributed by atoms with E-state index in [-0.39, 0.29) is 30.8 Å². The summed E-state index contributed by atoms with van der Waals surface area (Å²) in [6.07, 6.45) is 1.02. The van der Waals surface area contributed by atoms with Gasteiger partial charge in [0.1, 0.15) is 12.1 Å². The third-order valence-corrected chi connectivity index (χ3v) is 5.15. The van der Waals surface area contributed by atoms with Gasteiger partial charge in [-0.1, -0.05) is 32.0 Å². The first-order valence-corrected chi connectivity index (χ1v) is 8.71. The fourth-order valence-corrected chi connectivity index (χ4v) is 3.41. The fourth-order valence-electron chi connectivity index (χ4n) is 3.41. The summed E-state index contributed by atoms with van der Waals surface area (Å²) in [5.41, 5.74) is 2.66. The minimum atomic E-state index is -0.871. The lowest BCUT2D eigenvalue weighted by molar-refractivity contribution is -0.135. The highest BCUT2D eigenvalue weighted by molar-refractivity contribution is 6.08. The Hall–Kier alpha value is -2.12. The number of nitrogens with zero attached hydrogens (tertiary/aromatic N) is 1. The van der Waals surface area contributed by atoms with E-state index in [1.807, 2.05) is 19.9 Å². The second-order valence-corrected chi connectivity index (χ2v) is 6.59. The molecule has 2 aliphatic heterocycles. The number of nitrogens with one attached hydrogen (secondary N) is 3. The number of carbonyl (C=O) groups excluding carboxylic acids is 3. The molecule has 2 heterocycles. The van der Waals surface area contributed by atoms with Gasteiger partial charge in [0.2, 0.25) is 5.91 Å². The molecule has 1 fully saturated rings. The maximum atomic E-state index is 12.5. The maximum Gasteiger partial charge on any atom is 0.325 e. The minimum Gasteiger partial charge on any atom is -0.350 e. The molecule has 3 rings (SSSR count). The molecule has 0 radical (unpaired) electrons. The molecule has 7 nitrogen and oxygen atoms in total. The van der Waals surface area contributed by atoms with Gasteiger partial charge in [-0.25, -0.2) is 4.79 Å². The Bertz CT molecular complexity index is 718. The second-order valence-electron chi connectivity index (χ2n) is 6.59. The summed E-state index contributed by atoms with van der Waals surface area (Å²) in [5, 5.41) is 8.79. The summed E-state index contributed by atoms with van der Waals surface area (Å²) in [7, 11) is 0. The van der Waals surface area contributed by atoms with E-state index in [0.717, 1.165) is 23.6 Å². The SMILES string of the molecule is CCC1(CC)NC(=O)N(CC(=O)NCc2ccc3c(c2)CNC3)C1=O.Cl. The lowest BCUT2D eigenvalue weighted by atomic mass is 9.93. The van der Waals surface area contributed by atoms with Crippen molar-refractivity contribution < 1.29 is 14.4 Å². The summed E-state index contributed by atoms with van der Waals surface area (Å²) in [6.45, 7) is 5.56. The van der Waals surface area contributed by atoms with Crippen molar-refractivity contribution >= 4 is 30.3 Å². The summed E-state index contributed by atoms with van der Waals surface area (Å²) < 4.78 is 0. The molecule has 1 aromatic carbocycles. The first kappa shape index (κ1) is 20.2. The molecule has 142 valence electrons. The number of urea groups is 1. The zero-order chi connectivity index (χ0) is 18.0. The number of halogens is 1. The fraction of sp³-hybridized carbons (Fsp3) is 0.500. The van der Waals surface area contributed by atoms with Crippen LogP contribution in [0.4, 0.5) is 4.79 Å². The number of benzene rings is 1. The van der Waals surface area contributed by atoms with Crippen molar-refractivity contribution in [2.45, 2.75) is 51.9 Å². The van der Waals surface area contributed by atoms with Gasteiger partial charge < -0.3 is 16.0 Å². The van der Waals surface area contributed by atoms with E-state index >= 15 is 0 Å². The third-order valence-electron chi connectivity index (χ3n) is 5.15. The molecule has 0 bridgehead atoms. The number of rotatable bonds is 6. The molecule has 4 amide bonds. The van der Waals surface area contributed by atoms with Crippen LogP contribution >= 0.6 is 12.4 Å². The number of carbonyl (C=O) groups is 3. The summed E-state index contributed by atoms with van der Waals surface area (Å²) in [4.78, 5) is 37.8. The van der Waals surface area contributed by atoms with Gasteiger partial charge >= 0.3 is 6.03 Å². The van der Waals surface area contributed by atoms with Crippen molar-refractivity contribution in [1.29, 1.82) is 0 Å². The van der Waals surface area contributed by atoms with Crippen molar-refractivity contribution in [2.24, 2.45) is 0 Å². The topological polar surface area (TPSA) is 90.5 Å². The van der Waals surface area contributed by atoms with Gasteiger partial charge in [-0.2, -0.15) is 0 Å². The minimum absolute atomic E-state index is 0. The van der Waals surface area contributed by atoms with Crippen molar-refractivity contribution in [1.82, 2.24) is 20.9 Å². The third kappa shape index (κ3) is 3.68. The average molecular weight is 381 g/mol. The Kier molecular flexibility index (Phi) is 6.26. The quantitative estimate of drug-likeness (QED) is 0.651. The van der Waals surface area contributed by atoms with Crippen LogP contribution in [0.2, 0.25) is 0 Å². The standard InChI is InChI=1S/C18H24N4O3.ClH/c1-3-18(4-2)16(24)22(17(25)21-18)11-15(23)20-8-12-5-6-13-9-19-10-14(13)7-12;/h5-7,19H,3-4,8-11H2,1-2H3,(H,20,23)(H,21,25);1H. The second kappa shape index (κ2) is 8.05. The van der Waals surface area contributed by atoms with Gasteiger partial charge in [0.05, 0.1) is 0 Å². The van der Waals surface area contributed by atoms with Crippen molar-refractivity contribution in [2.75, 3.05) is 6.54 Å². The van der Waals surface area contributed by atoms with Crippen LogP contribution in [0.5, 0.6) is 0 Å². The highest BCUT2D eigenvalue weighted by Crippen LogP contribution is 2.24. The van der Waals surface area contributed by atoms with Crippen molar-refractivity contribution in [3.05, 3.63) is 34.9 Å². The molecule has 0 spiro atoms. The van der Waals surface area contributed by atoms with Gasteiger partial charge in [-0.15, -0.1) is 12.4 Å². The van der Waals surface area contributed by atoms with Gasteiger partial charge in [0, 0.05) is 19.6 Å². The Morgan fingerprint density at radius 1 is 1.19 bits per heavy atom. The number of fused-ring (bicyclic) bond motifs is 1. The van der Waals surface area contributed by atoms with E-state index in [4.69, 9.17) is 0 Å². The first-order chi connectivity index (χ1) is 12.0. The zero-order valence-electron chi connectivity index (χ0n) is 15.1. The van der Waals surface area contributed by atoms with E-state index < -0.39 is 11.6 Å². The number of amides is 4. The molecule has 0 saturated carbocycles. The summed E-state index contributed by atoms with van der Waals surface area (Å²) >= 11 is 0. The molecule has 0 aromatic heterocycles. The highest BCUT2D eigenvalue weighted by atomic mass is 35.5. The lowest BCUT2D eigenvalue weighted by Crippen LogP contribution is -2.46. The number of hydrogen-bond acceptors (Lipinski definition) is 4. The Balaban J connectivity index is 0.00000243. The molecule has 1 aromatic rings. The largest absolute Gasteiger partial charge is 0.350 e. The number of imide groups is 1. The van der Waals surface area contributed by atoms with Crippen LogP contribution in [0.1, 0.15) is 43.4 Å². The Labute approximate surface area is 159 Å². The van der Waals surface area contributed by atoms with E-state index in [1.54, 1.807) is 0 Å². The Morgan fingerprint density at radius 3 is 2.54 bits per heavy atom. The first-order valence-electron chi connectivity index (χ1n) is 8.71. The van der Waals surface area contributed by atoms with Crippen LogP contribution in [0.3, 0.4) is 0 Å². The van der Waals surface area contributed by atoms with Crippen molar-refractivity contribution in [3.63, 3.8) is 0 Å². The predicted molar refractivity (Wildman–Crippen MR) is 99.6 cm³/mol. The monoisotopic (exact) mass is 380 g/mol. The normalized spacial score (nSPS) is 17.5. The van der Waals surface area contributed by atoms with Gasteiger partial charge in [-0.3, -0.25) is 14.5 Å². The lowest BCUT2D eigenvalue weighted by Gasteiger charge is -2.23. The van der Waals surface area contributed by atoms with Gasteiger partial charge in [0.15, 0.2) is 0 Å². The molecule has 0 aliphatic carbocycles. The van der Waals surface area contributed by atoms with Crippen LogP contribution < -0.4 is 16.0 Å². The average Bonchev–Trinajstić information content (AvgIpc) is 3.17.